The first-order valence-electron chi connectivity index (χ1n) is 7.88. The van der Waals surface area contributed by atoms with Gasteiger partial charge in [0.1, 0.15) is 0 Å². The molecule has 0 atom stereocenters. The number of carboxylic acid groups (broad SMARTS) is 4. The zero-order valence-electron chi connectivity index (χ0n) is 15.3. The van der Waals surface area contributed by atoms with Crippen LogP contribution in [0.1, 0.15) is 79.1 Å². The van der Waals surface area contributed by atoms with E-state index in [1.165, 1.54) is 0 Å². The van der Waals surface area contributed by atoms with Gasteiger partial charge in [0.2, 0.25) is 0 Å². The molecule has 0 radical (unpaired) electrons. The summed E-state index contributed by atoms with van der Waals surface area (Å²) >= 11 is 0. The van der Waals surface area contributed by atoms with Crippen molar-refractivity contribution in [2.75, 3.05) is 0 Å². The molecule has 0 aliphatic heterocycles. The van der Waals surface area contributed by atoms with E-state index < -0.39 is 23.9 Å². The minimum atomic E-state index is -0.961. The van der Waals surface area contributed by atoms with Gasteiger partial charge in [-0.2, -0.15) is 0 Å². The summed E-state index contributed by atoms with van der Waals surface area (Å²) in [5, 5.41) is 38.0. The van der Waals surface area contributed by atoms with Crippen LogP contribution in [0.25, 0.3) is 0 Å². The first kappa shape index (κ1) is 34.8. The molecule has 0 aromatic rings. The van der Waals surface area contributed by atoms with Gasteiger partial charge >= 0.3 is 19.5 Å². The third-order valence-corrected chi connectivity index (χ3v) is 1.82. The number of carbonyl (C=O) groups excluding carboxylic acids is 4. The Hall–Kier alpha value is -1.50. The monoisotopic (exact) mass is 450 g/mol. The summed E-state index contributed by atoms with van der Waals surface area (Å²) in [6.07, 6.45) is 3.40. The van der Waals surface area contributed by atoms with Gasteiger partial charge < -0.3 is 39.6 Å². The maximum atomic E-state index is 9.49. The van der Waals surface area contributed by atoms with Crippen LogP contribution in [-0.4, -0.2) is 23.9 Å². The number of rotatable bonds is 8. The van der Waals surface area contributed by atoms with E-state index in [0.29, 0.717) is 25.7 Å². The molecule has 8 nitrogen and oxygen atoms in total. The van der Waals surface area contributed by atoms with Crippen LogP contribution in [0.4, 0.5) is 0 Å². The fourth-order valence-electron chi connectivity index (χ4n) is 0.816. The summed E-state index contributed by atoms with van der Waals surface area (Å²) in [5.74, 6) is -3.84. The third-order valence-electron chi connectivity index (χ3n) is 1.82. The van der Waals surface area contributed by atoms with Crippen molar-refractivity contribution in [3.05, 3.63) is 0 Å². The van der Waals surface area contributed by atoms with Gasteiger partial charge in [-0.05, 0) is 25.7 Å². The molecule has 0 spiro atoms. The molecule has 0 bridgehead atoms. The van der Waals surface area contributed by atoms with Crippen LogP contribution in [0, 0.1) is 0 Å². The molecule has 0 aromatic carbocycles. The Bertz CT molecular complexity index is 268. The summed E-state index contributed by atoms with van der Waals surface area (Å²) in [4.78, 5) is 38.0. The average Bonchev–Trinajstić information content (AvgIpc) is 2.39. The Kier molecular flexibility index (Phi) is 42.3. The Morgan fingerprint density at radius 3 is 0.600 bits per heavy atom. The molecule has 0 rings (SSSR count). The second-order valence-corrected chi connectivity index (χ2v) is 4.49. The molecule has 0 aromatic heterocycles. The molecule has 0 aliphatic carbocycles. The molecule has 0 saturated heterocycles. The maximum absolute atomic E-state index is 9.49. The van der Waals surface area contributed by atoms with Crippen molar-refractivity contribution in [3.63, 3.8) is 0 Å². The zero-order valence-corrected chi connectivity index (χ0v) is 17.0. The Morgan fingerprint density at radius 2 is 0.600 bits per heavy atom. The predicted molar refractivity (Wildman–Crippen MR) is 79.7 cm³/mol. The van der Waals surface area contributed by atoms with Crippen molar-refractivity contribution < 1.29 is 59.1 Å². The van der Waals surface area contributed by atoms with Crippen molar-refractivity contribution in [2.45, 2.75) is 79.1 Å². The normalized spacial score (nSPS) is 7.84. The van der Waals surface area contributed by atoms with Crippen LogP contribution in [0.15, 0.2) is 0 Å². The van der Waals surface area contributed by atoms with E-state index in [-0.39, 0.29) is 45.2 Å². The quantitative estimate of drug-likeness (QED) is 0.390. The van der Waals surface area contributed by atoms with Crippen molar-refractivity contribution in [2.24, 2.45) is 0 Å². The number of hydrogen-bond donors (Lipinski definition) is 0. The first-order chi connectivity index (χ1) is 11.1. The standard InChI is InChI=1S/4C4H8O2.Ru/c4*1-2-3-4(5)6;/h4*2-3H2,1H3,(H,5,6);/q;;;;+4/p-4. The van der Waals surface area contributed by atoms with Gasteiger partial charge in [-0.3, -0.25) is 0 Å². The van der Waals surface area contributed by atoms with E-state index in [0.717, 1.165) is 0 Å². The first-order valence-corrected chi connectivity index (χ1v) is 7.88. The van der Waals surface area contributed by atoms with Crippen LogP contribution in [0.5, 0.6) is 0 Å². The molecule has 0 unspecified atom stereocenters. The minimum Gasteiger partial charge on any atom is -0.550 e. The smallest absolute Gasteiger partial charge is 0.550 e. The molecular formula is C16H28O8Ru. The second-order valence-electron chi connectivity index (χ2n) is 4.49. The van der Waals surface area contributed by atoms with Crippen molar-refractivity contribution in [1.82, 2.24) is 0 Å². The second kappa shape index (κ2) is 30.4. The van der Waals surface area contributed by atoms with Crippen LogP contribution in [0.3, 0.4) is 0 Å². The molecule has 0 saturated carbocycles. The molecule has 0 aliphatic rings. The van der Waals surface area contributed by atoms with E-state index >= 15 is 0 Å². The van der Waals surface area contributed by atoms with Gasteiger partial charge in [0.05, 0.1) is 0 Å². The van der Waals surface area contributed by atoms with Crippen LogP contribution in [-0.2, 0) is 38.7 Å². The van der Waals surface area contributed by atoms with Gasteiger partial charge in [-0.15, -0.1) is 0 Å². The summed E-state index contributed by atoms with van der Waals surface area (Å²) in [5.41, 5.74) is 0. The van der Waals surface area contributed by atoms with Crippen molar-refractivity contribution in [3.8, 4) is 0 Å². The molecule has 0 fully saturated rings. The van der Waals surface area contributed by atoms with Gasteiger partial charge in [-0.25, -0.2) is 0 Å². The van der Waals surface area contributed by atoms with Gasteiger partial charge in [0.15, 0.2) is 0 Å². The van der Waals surface area contributed by atoms with Crippen molar-refractivity contribution >= 4 is 23.9 Å². The van der Waals surface area contributed by atoms with Gasteiger partial charge in [0, 0.05) is 23.9 Å². The van der Waals surface area contributed by atoms with Gasteiger partial charge in [-0.1, -0.05) is 53.4 Å². The summed E-state index contributed by atoms with van der Waals surface area (Å²) in [7, 11) is 0. The molecule has 9 heteroatoms. The molecule has 0 amide bonds. The Balaban J connectivity index is -0.0000000702. The van der Waals surface area contributed by atoms with Crippen LogP contribution >= 0.6 is 0 Å². The topological polar surface area (TPSA) is 161 Å². The average molecular weight is 449 g/mol. The van der Waals surface area contributed by atoms with E-state index in [2.05, 4.69) is 0 Å². The minimum absolute atomic E-state index is 0. The number of carbonyl (C=O) groups is 4. The molecular weight excluding hydrogens is 421 g/mol. The Morgan fingerprint density at radius 1 is 0.480 bits per heavy atom. The van der Waals surface area contributed by atoms with E-state index in [9.17, 15) is 39.6 Å². The van der Waals surface area contributed by atoms with E-state index in [1.807, 2.05) is 0 Å². The largest absolute Gasteiger partial charge is 4.00 e. The number of hydrogen-bond acceptors (Lipinski definition) is 8. The summed E-state index contributed by atoms with van der Waals surface area (Å²) in [6, 6.07) is 0. The SMILES string of the molecule is CCCC(=O)[O-].CCCC(=O)[O-].CCCC(=O)[O-].CCCC(=O)[O-].[Ru+4]. The van der Waals surface area contributed by atoms with Crippen LogP contribution in [0.2, 0.25) is 0 Å². The predicted octanol–water partition coefficient (Wildman–Crippen LogP) is -1.86. The number of carboxylic acids is 4. The zero-order chi connectivity index (χ0) is 20.0. The summed E-state index contributed by atoms with van der Waals surface area (Å²) in [6.45, 7) is 7.21. The molecule has 0 heterocycles. The van der Waals surface area contributed by atoms with Crippen molar-refractivity contribution in [1.29, 1.82) is 0 Å². The fourth-order valence-corrected chi connectivity index (χ4v) is 0.816. The number of aliphatic carboxylic acids is 4. The fraction of sp³-hybridized carbons (Fsp3) is 0.750. The van der Waals surface area contributed by atoms with Gasteiger partial charge in [0.25, 0.3) is 0 Å². The third kappa shape index (κ3) is 85.8. The molecule has 25 heavy (non-hydrogen) atoms. The molecule has 0 N–H and O–H groups in total. The Labute approximate surface area is 162 Å². The maximum Gasteiger partial charge on any atom is 4.00 e. The molecule has 148 valence electrons. The summed E-state index contributed by atoms with van der Waals surface area (Å²) < 4.78 is 0. The van der Waals surface area contributed by atoms with E-state index in [4.69, 9.17) is 0 Å². The van der Waals surface area contributed by atoms with E-state index in [1.54, 1.807) is 27.7 Å². The van der Waals surface area contributed by atoms with Crippen LogP contribution < -0.4 is 20.4 Å².